The van der Waals surface area contributed by atoms with E-state index in [1.807, 2.05) is 12.1 Å². The Morgan fingerprint density at radius 3 is 2.40 bits per heavy atom. The Kier molecular flexibility index (Phi) is 7.37. The van der Waals surface area contributed by atoms with Crippen LogP contribution in [0.3, 0.4) is 0 Å². The van der Waals surface area contributed by atoms with Crippen LogP contribution in [0, 0.1) is 25.6 Å². The van der Waals surface area contributed by atoms with E-state index in [2.05, 4.69) is 17.3 Å². The molecule has 186 valence electrons. The van der Waals surface area contributed by atoms with Crippen molar-refractivity contribution in [3.8, 4) is 0 Å². The summed E-state index contributed by atoms with van der Waals surface area (Å²) in [5.41, 5.74) is 2.86. The number of piperidine rings is 1. The molecule has 4 rings (SSSR count). The van der Waals surface area contributed by atoms with Gasteiger partial charge in [-0.3, -0.25) is 9.48 Å². The zero-order chi connectivity index (χ0) is 25.2. The number of amides is 1. The number of nitrogens with one attached hydrogen (secondary N) is 1. The number of halogens is 1. The lowest BCUT2D eigenvalue weighted by Gasteiger charge is -2.29. The maximum Gasteiger partial charge on any atom is 0.251 e. The fraction of sp³-hybridized carbons (Fsp3) is 0.385. The lowest BCUT2D eigenvalue weighted by atomic mass is 10.0. The van der Waals surface area contributed by atoms with Crippen LogP contribution in [0.1, 0.15) is 52.6 Å². The molecule has 1 fully saturated rings. The smallest absolute Gasteiger partial charge is 0.251 e. The van der Waals surface area contributed by atoms with Crippen molar-refractivity contribution in [2.75, 3.05) is 13.1 Å². The fourth-order valence-electron chi connectivity index (χ4n) is 4.42. The number of hydrogen-bond donors (Lipinski definition) is 1. The number of carbonyl (C=O) groups is 1. The first-order valence-electron chi connectivity index (χ1n) is 11.8. The molecule has 3 aromatic rings. The molecule has 0 aliphatic carbocycles. The Balaban J connectivity index is 1.44. The summed E-state index contributed by atoms with van der Waals surface area (Å²) in [6.45, 7) is 7.22. The van der Waals surface area contributed by atoms with Gasteiger partial charge in [-0.15, -0.1) is 0 Å². The predicted molar refractivity (Wildman–Crippen MR) is 132 cm³/mol. The molecular formula is C26H31FN4O3S. The monoisotopic (exact) mass is 498 g/mol. The van der Waals surface area contributed by atoms with E-state index in [1.165, 1.54) is 6.07 Å². The topological polar surface area (TPSA) is 84.3 Å². The molecule has 0 spiro atoms. The molecule has 1 aromatic heterocycles. The zero-order valence-corrected chi connectivity index (χ0v) is 21.1. The van der Waals surface area contributed by atoms with Crippen LogP contribution in [0.15, 0.2) is 53.4 Å². The number of aryl methyl sites for hydroxylation is 1. The first-order valence-corrected chi connectivity index (χ1v) is 13.3. The number of hydrogen-bond acceptors (Lipinski definition) is 4. The van der Waals surface area contributed by atoms with Crippen molar-refractivity contribution in [1.29, 1.82) is 0 Å². The SMILES string of the molecule is Cc1nn(Cc2ccc(C(=O)NCc3ccccc3F)cc2)c(C)c1S(=O)(=O)N1CCC(C)CC1. The third-order valence-corrected chi connectivity index (χ3v) is 8.75. The van der Waals surface area contributed by atoms with Crippen LogP contribution < -0.4 is 5.32 Å². The van der Waals surface area contributed by atoms with Gasteiger partial charge in [0.2, 0.25) is 10.0 Å². The second kappa shape index (κ2) is 10.3. The maximum atomic E-state index is 13.8. The van der Waals surface area contributed by atoms with E-state index >= 15 is 0 Å². The van der Waals surface area contributed by atoms with Crippen LogP contribution in [0.4, 0.5) is 4.39 Å². The average molecular weight is 499 g/mol. The molecule has 7 nitrogen and oxygen atoms in total. The summed E-state index contributed by atoms with van der Waals surface area (Å²) >= 11 is 0. The van der Waals surface area contributed by atoms with Gasteiger partial charge in [-0.05, 0) is 56.4 Å². The van der Waals surface area contributed by atoms with Crippen molar-refractivity contribution >= 4 is 15.9 Å². The average Bonchev–Trinajstić information content (AvgIpc) is 3.12. The minimum absolute atomic E-state index is 0.103. The molecule has 2 heterocycles. The van der Waals surface area contributed by atoms with Crippen molar-refractivity contribution in [1.82, 2.24) is 19.4 Å². The Bertz CT molecular complexity index is 1310. The first-order chi connectivity index (χ1) is 16.7. The van der Waals surface area contributed by atoms with E-state index in [0.29, 0.717) is 48.1 Å². The Morgan fingerprint density at radius 1 is 1.09 bits per heavy atom. The van der Waals surface area contributed by atoms with Gasteiger partial charge in [0.15, 0.2) is 0 Å². The first kappa shape index (κ1) is 25.1. The third-order valence-electron chi connectivity index (χ3n) is 6.60. The molecule has 0 unspecified atom stereocenters. The van der Waals surface area contributed by atoms with Gasteiger partial charge in [0.1, 0.15) is 10.7 Å². The molecule has 1 N–H and O–H groups in total. The highest BCUT2D eigenvalue weighted by atomic mass is 32.2. The molecule has 1 amide bonds. The summed E-state index contributed by atoms with van der Waals surface area (Å²) in [6.07, 6.45) is 1.73. The molecule has 0 saturated carbocycles. The van der Waals surface area contributed by atoms with Gasteiger partial charge >= 0.3 is 0 Å². The van der Waals surface area contributed by atoms with Crippen LogP contribution in [0.2, 0.25) is 0 Å². The molecule has 1 aliphatic heterocycles. The van der Waals surface area contributed by atoms with Crippen molar-refractivity contribution in [3.63, 3.8) is 0 Å². The van der Waals surface area contributed by atoms with Crippen molar-refractivity contribution in [3.05, 3.63) is 82.4 Å². The Hall–Kier alpha value is -3.04. The lowest BCUT2D eigenvalue weighted by molar-refractivity contribution is 0.0950. The van der Waals surface area contributed by atoms with Crippen molar-refractivity contribution < 1.29 is 17.6 Å². The van der Waals surface area contributed by atoms with E-state index in [4.69, 9.17) is 0 Å². The van der Waals surface area contributed by atoms with Crippen LogP contribution in [0.5, 0.6) is 0 Å². The molecule has 0 atom stereocenters. The number of nitrogens with zero attached hydrogens (tertiary/aromatic N) is 3. The van der Waals surface area contributed by atoms with E-state index in [-0.39, 0.29) is 23.2 Å². The Labute approximate surface area is 206 Å². The number of rotatable bonds is 7. The zero-order valence-electron chi connectivity index (χ0n) is 20.3. The molecule has 35 heavy (non-hydrogen) atoms. The number of benzene rings is 2. The predicted octanol–water partition coefficient (Wildman–Crippen LogP) is 4.04. The molecule has 0 radical (unpaired) electrons. The Morgan fingerprint density at radius 2 is 1.74 bits per heavy atom. The highest BCUT2D eigenvalue weighted by molar-refractivity contribution is 7.89. The van der Waals surface area contributed by atoms with Crippen LogP contribution in [0.25, 0.3) is 0 Å². The van der Waals surface area contributed by atoms with E-state index < -0.39 is 10.0 Å². The van der Waals surface area contributed by atoms with E-state index in [1.54, 1.807) is 53.2 Å². The van der Waals surface area contributed by atoms with E-state index in [0.717, 1.165) is 18.4 Å². The summed E-state index contributed by atoms with van der Waals surface area (Å²) in [5, 5.41) is 7.23. The van der Waals surface area contributed by atoms with Gasteiger partial charge in [0.25, 0.3) is 5.91 Å². The largest absolute Gasteiger partial charge is 0.348 e. The number of aromatic nitrogens is 2. The summed E-state index contributed by atoms with van der Waals surface area (Å²) in [5.74, 6) is -0.115. The molecule has 2 aromatic carbocycles. The summed E-state index contributed by atoms with van der Waals surface area (Å²) in [7, 11) is -3.60. The van der Waals surface area contributed by atoms with Crippen LogP contribution in [-0.4, -0.2) is 41.5 Å². The molecule has 1 aliphatic rings. The lowest BCUT2D eigenvalue weighted by Crippen LogP contribution is -2.38. The molecule has 0 bridgehead atoms. The highest BCUT2D eigenvalue weighted by Gasteiger charge is 2.33. The van der Waals surface area contributed by atoms with Gasteiger partial charge in [0, 0.05) is 30.8 Å². The van der Waals surface area contributed by atoms with Crippen LogP contribution >= 0.6 is 0 Å². The quantitative estimate of drug-likeness (QED) is 0.533. The molecule has 9 heteroatoms. The van der Waals surface area contributed by atoms with Gasteiger partial charge in [0.05, 0.1) is 17.9 Å². The fourth-order valence-corrected chi connectivity index (χ4v) is 6.26. The van der Waals surface area contributed by atoms with Gasteiger partial charge in [-0.1, -0.05) is 37.3 Å². The molecular weight excluding hydrogens is 467 g/mol. The van der Waals surface area contributed by atoms with Gasteiger partial charge in [-0.2, -0.15) is 9.40 Å². The molecule has 1 saturated heterocycles. The van der Waals surface area contributed by atoms with Gasteiger partial charge in [-0.25, -0.2) is 12.8 Å². The van der Waals surface area contributed by atoms with Crippen molar-refractivity contribution in [2.45, 2.75) is 51.6 Å². The minimum Gasteiger partial charge on any atom is -0.348 e. The number of sulfonamides is 1. The second-order valence-electron chi connectivity index (χ2n) is 9.22. The highest BCUT2D eigenvalue weighted by Crippen LogP contribution is 2.28. The summed E-state index contributed by atoms with van der Waals surface area (Å²) < 4.78 is 43.7. The van der Waals surface area contributed by atoms with Crippen LogP contribution in [-0.2, 0) is 23.1 Å². The van der Waals surface area contributed by atoms with E-state index in [9.17, 15) is 17.6 Å². The summed E-state index contributed by atoms with van der Waals surface area (Å²) in [4.78, 5) is 12.7. The maximum absolute atomic E-state index is 13.8. The summed E-state index contributed by atoms with van der Waals surface area (Å²) in [6, 6.07) is 13.3. The minimum atomic E-state index is -3.60. The second-order valence-corrected chi connectivity index (χ2v) is 11.1. The standard InChI is InChI=1S/C26H31FN4O3S/c1-18-12-14-30(15-13-18)35(33,34)25-19(2)29-31(20(25)3)17-21-8-10-22(11-9-21)26(32)28-16-23-6-4-5-7-24(23)27/h4-11,18H,12-17H2,1-3H3,(H,28,32). The third kappa shape index (κ3) is 5.46. The number of carbonyl (C=O) groups excluding carboxylic acids is 1. The normalized spacial score (nSPS) is 15.3. The van der Waals surface area contributed by atoms with Gasteiger partial charge < -0.3 is 5.32 Å². The van der Waals surface area contributed by atoms with Crippen molar-refractivity contribution in [2.24, 2.45) is 5.92 Å².